The van der Waals surface area contributed by atoms with Gasteiger partial charge in [0, 0.05) is 28.2 Å². The number of carbonyl (C=O) groups is 1. The second kappa shape index (κ2) is 9.70. The quantitative estimate of drug-likeness (QED) is 0.235. The fourth-order valence-corrected chi connectivity index (χ4v) is 4.83. The molecule has 0 bridgehead atoms. The fourth-order valence-electron chi connectivity index (χ4n) is 4.56. The van der Waals surface area contributed by atoms with Crippen molar-refractivity contribution in [3.05, 3.63) is 82.1 Å². The smallest absolute Gasteiger partial charge is 0.481 e. The average molecular weight is 606 g/mol. The number of carboxylic acid groups (broad SMARTS) is 1. The van der Waals surface area contributed by atoms with Gasteiger partial charge in [0.1, 0.15) is 29.2 Å². The molecule has 13 heteroatoms. The highest BCUT2D eigenvalue weighted by Crippen LogP contribution is 2.55. The molecule has 1 aliphatic rings. The Morgan fingerprint density at radius 1 is 1.05 bits per heavy atom. The molecular weight excluding hydrogens is 589 g/mol. The molecule has 3 aromatic rings. The minimum Gasteiger partial charge on any atom is -0.481 e. The van der Waals surface area contributed by atoms with Crippen molar-refractivity contribution in [2.75, 3.05) is 0 Å². The molecule has 3 unspecified atom stereocenters. The van der Waals surface area contributed by atoms with Crippen molar-refractivity contribution >= 4 is 45.3 Å². The second-order valence-electron chi connectivity index (χ2n) is 8.48. The number of hydrogen-bond acceptors (Lipinski definition) is 3. The van der Waals surface area contributed by atoms with E-state index in [-0.39, 0.29) is 16.9 Å². The van der Waals surface area contributed by atoms with Crippen LogP contribution >= 0.6 is 15.9 Å². The van der Waals surface area contributed by atoms with Crippen LogP contribution in [0.25, 0.3) is 0 Å². The van der Waals surface area contributed by atoms with Crippen molar-refractivity contribution in [1.82, 2.24) is 4.48 Å². The number of benzene rings is 3. The Morgan fingerprint density at radius 3 is 2.29 bits per heavy atom. The van der Waals surface area contributed by atoms with Gasteiger partial charge in [0.2, 0.25) is 6.34 Å². The van der Waals surface area contributed by atoms with Crippen molar-refractivity contribution in [3.63, 3.8) is 0 Å². The molecule has 5 nitrogen and oxygen atoms in total. The Bertz CT molecular complexity index is 1410. The summed E-state index contributed by atoms with van der Waals surface area (Å²) in [4.78, 5) is 16.4. The molecule has 0 saturated heterocycles. The van der Waals surface area contributed by atoms with E-state index in [1.165, 1.54) is 43.3 Å². The highest BCUT2D eigenvalue weighted by Gasteiger charge is 2.53. The van der Waals surface area contributed by atoms with Gasteiger partial charge in [-0.1, -0.05) is 28.1 Å². The van der Waals surface area contributed by atoms with Crippen molar-refractivity contribution in [3.8, 4) is 5.75 Å². The van der Waals surface area contributed by atoms with Crippen molar-refractivity contribution < 1.29 is 45.4 Å². The molecule has 1 aliphatic heterocycles. The maximum absolute atomic E-state index is 14.7. The number of alkyl halides is 6. The number of para-hydroxylation sites is 1. The summed E-state index contributed by atoms with van der Waals surface area (Å²) in [5, 5.41) is 9.99. The van der Waals surface area contributed by atoms with Gasteiger partial charge in [-0.25, -0.2) is 8.87 Å². The number of aliphatic imine (C=N–C) groups is 1. The van der Waals surface area contributed by atoms with Gasteiger partial charge in [0.25, 0.3) is 0 Å². The number of quaternary nitrogens is 1. The average Bonchev–Trinajstić information content (AvgIpc) is 2.82. The lowest BCUT2D eigenvalue weighted by molar-refractivity contribution is -0.274. The van der Waals surface area contributed by atoms with Crippen LogP contribution in [0.2, 0.25) is 0 Å². The minimum absolute atomic E-state index is 0.0271. The Kier molecular flexibility index (Phi) is 7.04. The molecular formula is C25H17BrF7N2O3+. The third kappa shape index (κ3) is 4.99. The van der Waals surface area contributed by atoms with Gasteiger partial charge >= 0.3 is 18.5 Å². The van der Waals surface area contributed by atoms with Crippen LogP contribution in [0.5, 0.6) is 5.75 Å². The molecule has 3 atom stereocenters. The third-order valence-corrected chi connectivity index (χ3v) is 6.70. The summed E-state index contributed by atoms with van der Waals surface area (Å²) in [5.41, 5.74) is -2.26. The second-order valence-corrected chi connectivity index (χ2v) is 9.39. The first kappa shape index (κ1) is 27.6. The summed E-state index contributed by atoms with van der Waals surface area (Å²) in [6.07, 6.45) is -9.33. The van der Waals surface area contributed by atoms with Crippen LogP contribution in [0.1, 0.15) is 24.1 Å². The Balaban J connectivity index is 2.18. The minimum atomic E-state index is -5.30. The fraction of sp³-hybridized carbons (Fsp3) is 0.200. The lowest BCUT2D eigenvalue weighted by Gasteiger charge is -2.44. The number of carboxylic acids is 1. The van der Waals surface area contributed by atoms with E-state index in [0.717, 1.165) is 12.4 Å². The molecule has 0 aromatic heterocycles. The van der Waals surface area contributed by atoms with E-state index in [4.69, 9.17) is 0 Å². The Morgan fingerprint density at radius 2 is 1.71 bits per heavy atom. The maximum Gasteiger partial charge on any atom is 0.573 e. The Labute approximate surface area is 219 Å². The number of ether oxygens (including phenoxy) is 1. The first-order valence-corrected chi connectivity index (χ1v) is 11.6. The first-order valence-electron chi connectivity index (χ1n) is 10.8. The number of hydrogen-bond donors (Lipinski definition) is 1. The van der Waals surface area contributed by atoms with Crippen LogP contribution < -0.4 is 9.22 Å². The van der Waals surface area contributed by atoms with E-state index in [0.29, 0.717) is 22.7 Å². The van der Waals surface area contributed by atoms with Gasteiger partial charge < -0.3 is 9.84 Å². The molecule has 0 aliphatic carbocycles. The molecule has 0 fully saturated rings. The molecule has 0 saturated carbocycles. The number of aliphatic carboxylic acids is 1. The van der Waals surface area contributed by atoms with E-state index in [1.54, 1.807) is 0 Å². The molecule has 200 valence electrons. The standard InChI is InChI=1S/C25H16BrF7N2O3/c1-13(23(36)37)22-17-3-2-4-18(27)21(17)34-12-35(22,16-8-6-15(26)7-9-16)19-11-14(24(28,29)30)5-10-20(19)38-25(31,32)33/h2-13,22H,1H3/p+1. The van der Waals surface area contributed by atoms with Gasteiger partial charge in [0.15, 0.2) is 11.4 Å². The zero-order valence-electron chi connectivity index (χ0n) is 19.2. The number of nitrogens with zero attached hydrogens (tertiary/aromatic N) is 2. The van der Waals surface area contributed by atoms with Crippen LogP contribution in [-0.2, 0) is 11.0 Å². The number of rotatable bonds is 5. The summed E-state index contributed by atoms with van der Waals surface area (Å²) in [6.45, 7) is 1.23. The van der Waals surface area contributed by atoms with Crippen molar-refractivity contribution in [2.24, 2.45) is 10.9 Å². The summed E-state index contributed by atoms with van der Waals surface area (Å²) in [5.74, 6) is -4.74. The summed E-state index contributed by atoms with van der Waals surface area (Å²) < 4.78 is 100. The zero-order chi connectivity index (χ0) is 28.0. The number of fused-ring (bicyclic) bond motifs is 1. The van der Waals surface area contributed by atoms with Crippen molar-refractivity contribution in [1.29, 1.82) is 0 Å². The Hall–Kier alpha value is -3.45. The predicted molar refractivity (Wildman–Crippen MR) is 128 cm³/mol. The van der Waals surface area contributed by atoms with Crippen LogP contribution in [-0.4, -0.2) is 23.8 Å². The van der Waals surface area contributed by atoms with Crippen LogP contribution in [0, 0.1) is 11.7 Å². The highest BCUT2D eigenvalue weighted by atomic mass is 79.9. The lowest BCUT2D eigenvalue weighted by atomic mass is 9.87. The van der Waals surface area contributed by atoms with E-state index in [1.807, 2.05) is 0 Å². The zero-order valence-corrected chi connectivity index (χ0v) is 20.8. The van der Waals surface area contributed by atoms with Crippen LogP contribution in [0.4, 0.5) is 47.8 Å². The molecule has 3 aromatic carbocycles. The number of halogens is 8. The lowest BCUT2D eigenvalue weighted by Crippen LogP contribution is -2.52. The van der Waals surface area contributed by atoms with E-state index < -0.39 is 57.8 Å². The molecule has 0 amide bonds. The first-order chi connectivity index (χ1) is 17.6. The monoisotopic (exact) mass is 605 g/mol. The SMILES string of the molecule is CC(C(=O)O)C1c2cccc(F)c2N=C[N+]1(c1ccc(Br)cc1)c1cc(C(F)(F)F)ccc1OC(F)(F)F. The summed E-state index contributed by atoms with van der Waals surface area (Å²) >= 11 is 3.23. The topological polar surface area (TPSA) is 58.9 Å². The largest absolute Gasteiger partial charge is 0.573 e. The third-order valence-electron chi connectivity index (χ3n) is 6.17. The van der Waals surface area contributed by atoms with Gasteiger partial charge in [0.05, 0.1) is 5.56 Å². The maximum atomic E-state index is 14.7. The van der Waals surface area contributed by atoms with E-state index in [9.17, 15) is 40.6 Å². The van der Waals surface area contributed by atoms with Gasteiger partial charge in [-0.3, -0.25) is 4.79 Å². The van der Waals surface area contributed by atoms with Gasteiger partial charge in [-0.2, -0.15) is 18.2 Å². The summed E-state index contributed by atoms with van der Waals surface area (Å²) in [7, 11) is 0. The highest BCUT2D eigenvalue weighted by molar-refractivity contribution is 9.10. The molecule has 0 spiro atoms. The summed E-state index contributed by atoms with van der Waals surface area (Å²) in [6, 6.07) is 9.32. The molecule has 0 radical (unpaired) electrons. The molecule has 38 heavy (non-hydrogen) atoms. The molecule has 1 heterocycles. The molecule has 4 rings (SSSR count). The van der Waals surface area contributed by atoms with Crippen molar-refractivity contribution in [2.45, 2.75) is 25.5 Å². The van der Waals surface area contributed by atoms with Crippen LogP contribution in [0.15, 0.2) is 70.1 Å². The molecule has 1 N–H and O–H groups in total. The predicted octanol–water partition coefficient (Wildman–Crippen LogP) is 8.28. The normalized spacial score (nSPS) is 20.1. The van der Waals surface area contributed by atoms with E-state index >= 15 is 0 Å². The van der Waals surface area contributed by atoms with E-state index in [2.05, 4.69) is 25.7 Å². The van der Waals surface area contributed by atoms with Gasteiger partial charge in [-0.15, -0.1) is 13.2 Å². The van der Waals surface area contributed by atoms with Gasteiger partial charge in [-0.05, 0) is 37.3 Å². The van der Waals surface area contributed by atoms with Crippen LogP contribution in [0.3, 0.4) is 0 Å².